The summed E-state index contributed by atoms with van der Waals surface area (Å²) in [6.45, 7) is 4.11. The van der Waals surface area contributed by atoms with Gasteiger partial charge in [0.25, 0.3) is 0 Å². The Labute approximate surface area is 118 Å². The number of nitrogens with one attached hydrogen (secondary N) is 1. The second kappa shape index (κ2) is 5.78. The molecule has 1 aromatic carbocycles. The molecule has 1 N–H and O–H groups in total. The Morgan fingerprint density at radius 3 is 2.95 bits per heavy atom. The molecule has 104 valence electrons. The lowest BCUT2D eigenvalue weighted by molar-refractivity contribution is 0.312. The van der Waals surface area contributed by atoms with Crippen LogP contribution < -0.4 is 5.32 Å². The second-order valence-electron chi connectivity index (χ2n) is 5.72. The molecule has 2 nitrogen and oxygen atoms in total. The van der Waals surface area contributed by atoms with E-state index in [4.69, 9.17) is 11.6 Å². The van der Waals surface area contributed by atoms with Crippen LogP contribution in [0.2, 0.25) is 5.02 Å². The summed E-state index contributed by atoms with van der Waals surface area (Å²) in [5.41, 5.74) is 0.846. The van der Waals surface area contributed by atoms with Gasteiger partial charge in [0.05, 0.1) is 5.02 Å². The summed E-state index contributed by atoms with van der Waals surface area (Å²) >= 11 is 5.94. The first-order valence-corrected chi connectivity index (χ1v) is 7.49. The van der Waals surface area contributed by atoms with E-state index in [2.05, 4.69) is 10.2 Å². The smallest absolute Gasteiger partial charge is 0.142 e. The van der Waals surface area contributed by atoms with Gasteiger partial charge in [-0.1, -0.05) is 23.7 Å². The number of nitrogens with zero attached hydrogens (tertiary/aromatic N) is 1. The van der Waals surface area contributed by atoms with Crippen molar-refractivity contribution >= 4 is 11.6 Å². The van der Waals surface area contributed by atoms with Crippen LogP contribution in [0.4, 0.5) is 4.39 Å². The van der Waals surface area contributed by atoms with Crippen LogP contribution in [0.5, 0.6) is 0 Å². The van der Waals surface area contributed by atoms with Crippen LogP contribution in [-0.4, -0.2) is 30.6 Å². The monoisotopic (exact) mass is 282 g/mol. The van der Waals surface area contributed by atoms with Gasteiger partial charge in [-0.3, -0.25) is 0 Å². The highest BCUT2D eigenvalue weighted by Gasteiger charge is 2.33. The lowest BCUT2D eigenvalue weighted by Gasteiger charge is -2.15. The van der Waals surface area contributed by atoms with Crippen molar-refractivity contribution in [1.29, 1.82) is 0 Å². The molecule has 1 saturated heterocycles. The number of rotatable bonds is 5. The van der Waals surface area contributed by atoms with E-state index in [-0.39, 0.29) is 10.8 Å². The number of benzene rings is 1. The van der Waals surface area contributed by atoms with Crippen LogP contribution in [0.25, 0.3) is 0 Å². The molecule has 1 unspecified atom stereocenters. The zero-order valence-electron chi connectivity index (χ0n) is 11.0. The Bertz CT molecular complexity index is 448. The van der Waals surface area contributed by atoms with Gasteiger partial charge in [0.2, 0.25) is 0 Å². The molecule has 0 bridgehead atoms. The average Bonchev–Trinajstić information content (AvgIpc) is 3.15. The number of likely N-dealkylation sites (tertiary alicyclic amines) is 1. The van der Waals surface area contributed by atoms with Gasteiger partial charge in [-0.25, -0.2) is 4.39 Å². The predicted octanol–water partition coefficient (Wildman–Crippen LogP) is 3.05. The maximum absolute atomic E-state index is 13.3. The van der Waals surface area contributed by atoms with Crippen molar-refractivity contribution in [2.24, 2.45) is 5.92 Å². The molecule has 2 aliphatic rings. The van der Waals surface area contributed by atoms with Crippen molar-refractivity contribution in [1.82, 2.24) is 10.2 Å². The first-order valence-electron chi connectivity index (χ1n) is 7.11. The number of hydrogen-bond acceptors (Lipinski definition) is 2. The van der Waals surface area contributed by atoms with E-state index in [9.17, 15) is 4.39 Å². The van der Waals surface area contributed by atoms with Crippen molar-refractivity contribution < 1.29 is 4.39 Å². The van der Waals surface area contributed by atoms with Gasteiger partial charge < -0.3 is 10.2 Å². The van der Waals surface area contributed by atoms with Crippen molar-refractivity contribution in [2.75, 3.05) is 19.6 Å². The van der Waals surface area contributed by atoms with Crippen molar-refractivity contribution in [3.05, 3.63) is 34.6 Å². The topological polar surface area (TPSA) is 15.3 Å². The maximum Gasteiger partial charge on any atom is 0.142 e. The predicted molar refractivity (Wildman–Crippen MR) is 75.8 cm³/mol. The molecule has 1 saturated carbocycles. The zero-order chi connectivity index (χ0) is 13.2. The summed E-state index contributed by atoms with van der Waals surface area (Å²) < 4.78 is 13.3. The first kappa shape index (κ1) is 13.3. The fraction of sp³-hybridized carbons (Fsp3) is 0.600. The van der Waals surface area contributed by atoms with Crippen molar-refractivity contribution in [3.63, 3.8) is 0 Å². The van der Waals surface area contributed by atoms with E-state index >= 15 is 0 Å². The van der Waals surface area contributed by atoms with E-state index in [0.717, 1.165) is 24.1 Å². The van der Waals surface area contributed by atoms with Gasteiger partial charge in [0, 0.05) is 19.1 Å². The average molecular weight is 283 g/mol. The highest BCUT2D eigenvalue weighted by molar-refractivity contribution is 6.31. The molecule has 4 heteroatoms. The number of halogens is 2. The van der Waals surface area contributed by atoms with Gasteiger partial charge in [-0.15, -0.1) is 0 Å². The van der Waals surface area contributed by atoms with Crippen molar-refractivity contribution in [3.8, 4) is 0 Å². The van der Waals surface area contributed by atoms with Gasteiger partial charge >= 0.3 is 0 Å². The molecule has 1 aliphatic heterocycles. The van der Waals surface area contributed by atoms with Crippen molar-refractivity contribution in [2.45, 2.75) is 31.8 Å². The van der Waals surface area contributed by atoms with Crippen LogP contribution >= 0.6 is 11.6 Å². The number of hydrogen-bond donors (Lipinski definition) is 1. The standard InChI is InChI=1S/C15H20ClFN2/c16-15-12(2-1-3-14(15)17)9-18-8-11-6-7-19(10-11)13-4-5-13/h1-3,11,13,18H,4-10H2. The Morgan fingerprint density at radius 2 is 2.16 bits per heavy atom. The summed E-state index contributed by atoms with van der Waals surface area (Å²) in [7, 11) is 0. The van der Waals surface area contributed by atoms with Gasteiger partial charge in [-0.05, 0) is 49.9 Å². The Hall–Kier alpha value is -0.640. The van der Waals surface area contributed by atoms with E-state index in [1.165, 1.54) is 38.4 Å². The fourth-order valence-electron chi connectivity index (χ4n) is 2.90. The summed E-state index contributed by atoms with van der Waals surface area (Å²) in [6, 6.07) is 5.87. The lowest BCUT2D eigenvalue weighted by atomic mass is 10.1. The van der Waals surface area contributed by atoms with E-state index < -0.39 is 0 Å². The van der Waals surface area contributed by atoms with E-state index in [1.807, 2.05) is 6.07 Å². The normalized spacial score (nSPS) is 24.0. The molecule has 0 amide bonds. The highest BCUT2D eigenvalue weighted by atomic mass is 35.5. The minimum absolute atomic E-state index is 0.251. The lowest BCUT2D eigenvalue weighted by Crippen LogP contribution is -2.27. The molecule has 1 heterocycles. The second-order valence-corrected chi connectivity index (χ2v) is 6.10. The Kier molecular flexibility index (Phi) is 4.06. The zero-order valence-corrected chi connectivity index (χ0v) is 11.8. The molecule has 2 fully saturated rings. The van der Waals surface area contributed by atoms with E-state index in [0.29, 0.717) is 6.54 Å². The molecule has 19 heavy (non-hydrogen) atoms. The molecule has 1 atom stereocenters. The summed E-state index contributed by atoms with van der Waals surface area (Å²) in [5.74, 6) is 0.398. The van der Waals surface area contributed by atoms with Crippen LogP contribution in [0.15, 0.2) is 18.2 Å². The summed E-state index contributed by atoms with van der Waals surface area (Å²) in [5, 5.41) is 3.66. The Morgan fingerprint density at radius 1 is 1.32 bits per heavy atom. The highest BCUT2D eigenvalue weighted by Crippen LogP contribution is 2.31. The molecule has 0 aromatic heterocycles. The van der Waals surface area contributed by atoms with Gasteiger partial charge in [0.1, 0.15) is 5.82 Å². The summed E-state index contributed by atoms with van der Waals surface area (Å²) in [6.07, 6.45) is 4.05. The van der Waals surface area contributed by atoms with Gasteiger partial charge in [-0.2, -0.15) is 0 Å². The first-order chi connectivity index (χ1) is 9.24. The quantitative estimate of drug-likeness (QED) is 0.893. The molecule has 3 rings (SSSR count). The molecule has 1 aromatic rings. The minimum Gasteiger partial charge on any atom is -0.312 e. The third kappa shape index (κ3) is 3.28. The van der Waals surface area contributed by atoms with Crippen LogP contribution in [-0.2, 0) is 6.54 Å². The van der Waals surface area contributed by atoms with Crippen LogP contribution in [0.1, 0.15) is 24.8 Å². The molecule has 0 radical (unpaired) electrons. The Balaban J connectivity index is 1.44. The maximum atomic E-state index is 13.3. The van der Waals surface area contributed by atoms with Gasteiger partial charge in [0.15, 0.2) is 0 Å². The molecule has 1 aliphatic carbocycles. The third-order valence-electron chi connectivity index (χ3n) is 4.16. The van der Waals surface area contributed by atoms with Crippen LogP contribution in [0.3, 0.4) is 0 Å². The third-order valence-corrected chi connectivity index (χ3v) is 4.58. The molecular formula is C15H20ClFN2. The molecular weight excluding hydrogens is 263 g/mol. The summed E-state index contributed by atoms with van der Waals surface area (Å²) in [4.78, 5) is 2.61. The molecule has 0 spiro atoms. The minimum atomic E-state index is -0.332. The fourth-order valence-corrected chi connectivity index (χ4v) is 3.09. The largest absolute Gasteiger partial charge is 0.312 e. The SMILES string of the molecule is Fc1cccc(CNCC2CCN(C3CC3)C2)c1Cl. The van der Waals surface area contributed by atoms with E-state index in [1.54, 1.807) is 6.07 Å². The van der Waals surface area contributed by atoms with Crippen LogP contribution in [0, 0.1) is 11.7 Å².